The van der Waals surface area contributed by atoms with Crippen molar-refractivity contribution in [1.82, 2.24) is 15.2 Å². The fourth-order valence-electron chi connectivity index (χ4n) is 3.20. The molecule has 1 atom stereocenters. The van der Waals surface area contributed by atoms with E-state index in [9.17, 15) is 4.79 Å². The van der Waals surface area contributed by atoms with Crippen molar-refractivity contribution in [1.29, 1.82) is 0 Å². The largest absolute Gasteiger partial charge is 0.454 e. The Morgan fingerprint density at radius 2 is 2.24 bits per heavy atom. The maximum absolute atomic E-state index is 12.5. The number of piperazine rings is 1. The third-order valence-corrected chi connectivity index (χ3v) is 4.43. The standard InChI is InChI=1S/C18H20N4O3/c23-18(21-14-3-4-16-17(8-14)25-12-24-16)11-22-7-6-20-10-15(22)13-2-1-5-19-9-13/h1-5,8-9,15,20H,6-7,10-12H2,(H,21,23). The van der Waals surface area contributed by atoms with Gasteiger partial charge < -0.3 is 20.1 Å². The number of benzene rings is 1. The van der Waals surface area contributed by atoms with Crippen molar-refractivity contribution >= 4 is 11.6 Å². The zero-order chi connectivity index (χ0) is 17.1. The quantitative estimate of drug-likeness (QED) is 0.876. The summed E-state index contributed by atoms with van der Waals surface area (Å²) >= 11 is 0. The third-order valence-electron chi connectivity index (χ3n) is 4.43. The van der Waals surface area contributed by atoms with Crippen LogP contribution in [0.15, 0.2) is 42.7 Å². The lowest BCUT2D eigenvalue weighted by Crippen LogP contribution is -2.48. The van der Waals surface area contributed by atoms with Crippen LogP contribution in [0, 0.1) is 0 Å². The highest BCUT2D eigenvalue weighted by Crippen LogP contribution is 2.34. The highest BCUT2D eigenvalue weighted by Gasteiger charge is 2.25. The molecule has 1 fully saturated rings. The fourth-order valence-corrected chi connectivity index (χ4v) is 3.20. The lowest BCUT2D eigenvalue weighted by molar-refractivity contribution is -0.118. The van der Waals surface area contributed by atoms with Gasteiger partial charge in [-0.2, -0.15) is 0 Å². The average molecular weight is 340 g/mol. The highest BCUT2D eigenvalue weighted by atomic mass is 16.7. The number of carbonyl (C=O) groups is 1. The molecule has 0 radical (unpaired) electrons. The number of carbonyl (C=O) groups excluding carboxylic acids is 1. The first-order chi connectivity index (χ1) is 12.3. The summed E-state index contributed by atoms with van der Waals surface area (Å²) in [5, 5.41) is 6.32. The van der Waals surface area contributed by atoms with Crippen molar-refractivity contribution in [3.05, 3.63) is 48.3 Å². The molecule has 2 aromatic rings. The lowest BCUT2D eigenvalue weighted by atomic mass is 10.1. The summed E-state index contributed by atoms with van der Waals surface area (Å²) in [5.74, 6) is 1.32. The van der Waals surface area contributed by atoms with Crippen molar-refractivity contribution < 1.29 is 14.3 Å². The molecular weight excluding hydrogens is 320 g/mol. The summed E-state index contributed by atoms with van der Waals surface area (Å²) in [6.07, 6.45) is 3.62. The smallest absolute Gasteiger partial charge is 0.238 e. The molecule has 0 saturated carbocycles. The number of amides is 1. The van der Waals surface area contributed by atoms with Gasteiger partial charge in [-0.25, -0.2) is 0 Å². The third kappa shape index (κ3) is 3.57. The Balaban J connectivity index is 1.42. The second-order valence-corrected chi connectivity index (χ2v) is 6.09. The SMILES string of the molecule is O=C(CN1CCNCC1c1cccnc1)Nc1ccc2c(c1)OCO2. The molecule has 4 rings (SSSR count). The van der Waals surface area contributed by atoms with Gasteiger partial charge in [-0.1, -0.05) is 6.07 Å². The van der Waals surface area contributed by atoms with Crippen molar-refractivity contribution in [2.75, 3.05) is 38.3 Å². The number of hydrogen-bond acceptors (Lipinski definition) is 6. The van der Waals surface area contributed by atoms with Crippen LogP contribution in [0.25, 0.3) is 0 Å². The van der Waals surface area contributed by atoms with Crippen LogP contribution in [0.2, 0.25) is 0 Å². The van der Waals surface area contributed by atoms with Gasteiger partial charge in [-0.15, -0.1) is 0 Å². The maximum atomic E-state index is 12.5. The first kappa shape index (κ1) is 15.9. The van der Waals surface area contributed by atoms with Crippen LogP contribution in [0.5, 0.6) is 11.5 Å². The molecule has 2 aliphatic rings. The molecule has 7 nitrogen and oxygen atoms in total. The van der Waals surface area contributed by atoms with Crippen molar-refractivity contribution in [3.8, 4) is 11.5 Å². The topological polar surface area (TPSA) is 75.7 Å². The van der Waals surface area contributed by atoms with Crippen LogP contribution in [-0.4, -0.2) is 48.8 Å². The summed E-state index contributed by atoms with van der Waals surface area (Å²) in [7, 11) is 0. The number of hydrogen-bond donors (Lipinski definition) is 2. The van der Waals surface area contributed by atoms with Crippen LogP contribution in [0.4, 0.5) is 5.69 Å². The van der Waals surface area contributed by atoms with Gasteiger partial charge in [0, 0.05) is 49.8 Å². The number of anilines is 1. The van der Waals surface area contributed by atoms with Crippen molar-refractivity contribution in [2.45, 2.75) is 6.04 Å². The minimum Gasteiger partial charge on any atom is -0.454 e. The monoisotopic (exact) mass is 340 g/mol. The molecule has 1 saturated heterocycles. The van der Waals surface area contributed by atoms with Crippen LogP contribution < -0.4 is 20.1 Å². The Hall–Kier alpha value is -2.64. The Bertz CT molecular complexity index is 753. The van der Waals surface area contributed by atoms with E-state index in [1.54, 1.807) is 18.3 Å². The van der Waals surface area contributed by atoms with E-state index in [-0.39, 0.29) is 18.7 Å². The molecule has 1 aromatic heterocycles. The van der Waals surface area contributed by atoms with E-state index in [1.165, 1.54) is 0 Å². The Morgan fingerprint density at radius 3 is 3.12 bits per heavy atom. The van der Waals surface area contributed by atoms with Gasteiger partial charge in [0.25, 0.3) is 0 Å². The molecule has 130 valence electrons. The van der Waals surface area contributed by atoms with E-state index in [0.717, 1.165) is 25.2 Å². The molecule has 2 N–H and O–H groups in total. The van der Waals surface area contributed by atoms with E-state index in [2.05, 4.69) is 20.5 Å². The molecule has 25 heavy (non-hydrogen) atoms. The second-order valence-electron chi connectivity index (χ2n) is 6.09. The Kier molecular flexibility index (Phi) is 4.49. The van der Waals surface area contributed by atoms with E-state index in [0.29, 0.717) is 23.7 Å². The van der Waals surface area contributed by atoms with Gasteiger partial charge in [0.15, 0.2) is 11.5 Å². The minimum atomic E-state index is -0.0466. The predicted molar refractivity (Wildman–Crippen MR) is 92.6 cm³/mol. The van der Waals surface area contributed by atoms with E-state index < -0.39 is 0 Å². The van der Waals surface area contributed by atoms with Crippen LogP contribution in [0.1, 0.15) is 11.6 Å². The highest BCUT2D eigenvalue weighted by molar-refractivity contribution is 5.92. The summed E-state index contributed by atoms with van der Waals surface area (Å²) in [6.45, 7) is 3.04. The number of nitrogens with one attached hydrogen (secondary N) is 2. The fraction of sp³-hybridized carbons (Fsp3) is 0.333. The molecule has 0 spiro atoms. The van der Waals surface area contributed by atoms with Gasteiger partial charge in [0.1, 0.15) is 0 Å². The molecule has 2 aliphatic heterocycles. The number of fused-ring (bicyclic) bond motifs is 1. The summed E-state index contributed by atoms with van der Waals surface area (Å²) in [4.78, 5) is 18.9. The lowest BCUT2D eigenvalue weighted by Gasteiger charge is -2.35. The average Bonchev–Trinajstić information content (AvgIpc) is 3.10. The van der Waals surface area contributed by atoms with E-state index in [4.69, 9.17) is 9.47 Å². The number of aromatic nitrogens is 1. The minimum absolute atomic E-state index is 0.0466. The van der Waals surface area contributed by atoms with Gasteiger partial charge >= 0.3 is 0 Å². The molecule has 1 aromatic carbocycles. The van der Waals surface area contributed by atoms with Crippen molar-refractivity contribution in [2.24, 2.45) is 0 Å². The van der Waals surface area contributed by atoms with Crippen molar-refractivity contribution in [3.63, 3.8) is 0 Å². The number of rotatable bonds is 4. The Morgan fingerprint density at radius 1 is 1.32 bits per heavy atom. The van der Waals surface area contributed by atoms with Crippen LogP contribution in [-0.2, 0) is 4.79 Å². The predicted octanol–water partition coefficient (Wildman–Crippen LogP) is 1.40. The van der Waals surface area contributed by atoms with Crippen LogP contribution >= 0.6 is 0 Å². The summed E-state index contributed by atoms with van der Waals surface area (Å²) in [5.41, 5.74) is 1.83. The molecule has 3 heterocycles. The van der Waals surface area contributed by atoms with Gasteiger partial charge in [-0.3, -0.25) is 14.7 Å². The Labute approximate surface area is 145 Å². The summed E-state index contributed by atoms with van der Waals surface area (Å²) in [6, 6.07) is 9.53. The van der Waals surface area contributed by atoms with Gasteiger partial charge in [-0.05, 0) is 23.8 Å². The summed E-state index contributed by atoms with van der Waals surface area (Å²) < 4.78 is 10.6. The molecule has 7 heteroatoms. The van der Waals surface area contributed by atoms with Gasteiger partial charge in [0.2, 0.25) is 12.7 Å². The normalized spacial score (nSPS) is 19.6. The van der Waals surface area contributed by atoms with Crippen LogP contribution in [0.3, 0.4) is 0 Å². The number of nitrogens with zero attached hydrogens (tertiary/aromatic N) is 2. The molecule has 1 unspecified atom stereocenters. The van der Waals surface area contributed by atoms with Gasteiger partial charge in [0.05, 0.1) is 6.54 Å². The first-order valence-electron chi connectivity index (χ1n) is 8.34. The molecule has 0 bridgehead atoms. The van der Waals surface area contributed by atoms with E-state index in [1.807, 2.05) is 24.4 Å². The number of ether oxygens (including phenoxy) is 2. The zero-order valence-corrected chi connectivity index (χ0v) is 13.8. The first-order valence-corrected chi connectivity index (χ1v) is 8.34. The maximum Gasteiger partial charge on any atom is 0.238 e. The number of pyridine rings is 1. The second kappa shape index (κ2) is 7.08. The molecule has 0 aliphatic carbocycles. The zero-order valence-electron chi connectivity index (χ0n) is 13.8. The van der Waals surface area contributed by atoms with E-state index >= 15 is 0 Å². The molecular formula is C18H20N4O3. The molecule has 1 amide bonds.